The normalized spacial score (nSPS) is 15.0. The van der Waals surface area contributed by atoms with Gasteiger partial charge in [-0.2, -0.15) is 0 Å². The van der Waals surface area contributed by atoms with E-state index >= 15 is 0 Å². The Labute approximate surface area is 293 Å². The number of ketones is 1. The molecule has 51 heavy (non-hydrogen) atoms. The zero-order valence-electron chi connectivity index (χ0n) is 28.7. The Hall–Kier alpha value is -6.25. The van der Waals surface area contributed by atoms with Crippen LogP contribution in [0.15, 0.2) is 60.0 Å². The summed E-state index contributed by atoms with van der Waals surface area (Å²) >= 11 is 0. The number of aryl methyl sites for hydroxylation is 4. The molecule has 0 unspecified atom stereocenters. The third-order valence-corrected chi connectivity index (χ3v) is 8.80. The number of amides is 3. The number of carbonyl (C=O) groups excluding carboxylic acids is 4. The van der Waals surface area contributed by atoms with Crippen molar-refractivity contribution in [3.05, 3.63) is 88.9 Å². The molecule has 1 fully saturated rings. The predicted molar refractivity (Wildman–Crippen MR) is 188 cm³/mol. The molecule has 0 aliphatic carbocycles. The first-order valence-electron chi connectivity index (χ1n) is 16.3. The van der Waals surface area contributed by atoms with Gasteiger partial charge >= 0.3 is 5.97 Å². The Morgan fingerprint density at radius 2 is 1.76 bits per heavy atom. The van der Waals surface area contributed by atoms with Crippen LogP contribution < -0.4 is 15.4 Å². The number of aliphatic imine (C=N–C) groups is 1. The van der Waals surface area contributed by atoms with Crippen LogP contribution in [0.3, 0.4) is 0 Å². The predicted octanol–water partition coefficient (Wildman–Crippen LogP) is 4.07. The number of rotatable bonds is 12. The molecule has 15 heteroatoms. The number of aromatic nitrogens is 4. The first-order chi connectivity index (χ1) is 24.3. The largest absolute Gasteiger partial charge is 0.493 e. The number of carbonyl (C=O) groups is 5. The van der Waals surface area contributed by atoms with Gasteiger partial charge in [-0.25, -0.2) is 9.78 Å². The number of fused-ring (bicyclic) bond motifs is 2. The van der Waals surface area contributed by atoms with E-state index < -0.39 is 11.9 Å². The van der Waals surface area contributed by atoms with Gasteiger partial charge in [-0.15, -0.1) is 0 Å². The number of anilines is 2. The lowest BCUT2D eigenvalue weighted by Gasteiger charge is -2.20. The zero-order valence-corrected chi connectivity index (χ0v) is 28.7. The molecule has 6 rings (SSSR count). The van der Waals surface area contributed by atoms with Gasteiger partial charge < -0.3 is 39.1 Å². The number of Topliss-reactive ketones (excluding diaryl/α,β-unsaturated/α-hetero) is 1. The van der Waals surface area contributed by atoms with E-state index in [1.54, 1.807) is 67.4 Å². The van der Waals surface area contributed by atoms with E-state index in [1.807, 2.05) is 6.92 Å². The second-order valence-electron chi connectivity index (χ2n) is 12.9. The van der Waals surface area contributed by atoms with E-state index in [4.69, 9.17) is 4.74 Å². The molecule has 15 nitrogen and oxygen atoms in total. The van der Waals surface area contributed by atoms with Crippen LogP contribution in [0.25, 0.3) is 0 Å². The highest BCUT2D eigenvalue weighted by Gasteiger charge is 2.34. The van der Waals surface area contributed by atoms with E-state index in [1.165, 1.54) is 21.4 Å². The Morgan fingerprint density at radius 3 is 2.51 bits per heavy atom. The minimum absolute atomic E-state index is 0.0267. The van der Waals surface area contributed by atoms with Crippen molar-refractivity contribution in [2.45, 2.75) is 38.6 Å². The van der Waals surface area contributed by atoms with Crippen LogP contribution in [0, 0.1) is 6.92 Å². The number of nitrogens with one attached hydrogen (secondary N) is 2. The summed E-state index contributed by atoms with van der Waals surface area (Å²) in [7, 11) is 4.89. The summed E-state index contributed by atoms with van der Waals surface area (Å²) in [6, 6.07) is 6.40. The fourth-order valence-corrected chi connectivity index (χ4v) is 6.28. The molecular weight excluding hydrogens is 656 g/mol. The Morgan fingerprint density at radius 1 is 1.00 bits per heavy atom. The summed E-state index contributed by atoms with van der Waals surface area (Å²) in [5.74, 6) is -1.29. The van der Waals surface area contributed by atoms with E-state index in [9.17, 15) is 29.1 Å². The van der Waals surface area contributed by atoms with E-state index in [-0.39, 0.29) is 66.1 Å². The molecule has 0 spiro atoms. The van der Waals surface area contributed by atoms with Crippen molar-refractivity contribution >= 4 is 52.9 Å². The summed E-state index contributed by atoms with van der Waals surface area (Å²) in [4.78, 5) is 73.9. The first kappa shape index (κ1) is 34.6. The van der Waals surface area contributed by atoms with Gasteiger partial charge in [-0.1, -0.05) is 12.2 Å². The highest BCUT2D eigenvalue weighted by molar-refractivity contribution is 6.05. The van der Waals surface area contributed by atoms with Gasteiger partial charge in [0.2, 0.25) is 11.7 Å². The SMILES string of the molecule is C=C1C[C@H]2C=Nc3cc(OCCCC(=O)Nc4cn(C)c(C(=O)Cc5cc(C(=O)Nc6cc(C(=O)O)n(C)c6)n(C)c5)n4)c(C)cc3C(=O)N2C1. The van der Waals surface area contributed by atoms with Crippen molar-refractivity contribution < 1.29 is 33.8 Å². The zero-order chi connectivity index (χ0) is 36.6. The molecule has 0 saturated carbocycles. The maximum atomic E-state index is 13.2. The monoisotopic (exact) mass is 694 g/mol. The summed E-state index contributed by atoms with van der Waals surface area (Å²) < 4.78 is 10.5. The number of aromatic carboxylic acids is 1. The average Bonchev–Trinajstić information content (AvgIpc) is 3.82. The van der Waals surface area contributed by atoms with Crippen molar-refractivity contribution in [3.8, 4) is 5.75 Å². The van der Waals surface area contributed by atoms with E-state index in [2.05, 4.69) is 27.2 Å². The maximum Gasteiger partial charge on any atom is 0.352 e. The summed E-state index contributed by atoms with van der Waals surface area (Å²) in [6.45, 7) is 6.66. The Kier molecular flexibility index (Phi) is 9.46. The fraction of sp³-hybridized carbons (Fsp3) is 0.306. The standard InChI is InChI=1S/C36H38N8O7/c1-20-9-24-15-37-26-14-30(21(2)10-25(26)35(48)44(24)16-20)51-8-6-7-32(46)39-31-19-43(5)33(40-31)29(45)12-22-11-27(41(3)17-22)34(47)38-23-13-28(36(49)50)42(4)18-23/h10-11,13-15,17-19,24H,1,6-9,12,16H2,2-5H3,(H,38,47)(H,39,46)(H,49,50)/t24-/m0/s1. The van der Waals surface area contributed by atoms with Crippen LogP contribution in [0.5, 0.6) is 5.75 Å². The third-order valence-electron chi connectivity index (χ3n) is 8.80. The molecule has 3 N–H and O–H groups in total. The number of carboxylic acids is 1. The minimum atomic E-state index is -1.11. The van der Waals surface area contributed by atoms with Crippen molar-refractivity contribution in [1.82, 2.24) is 23.6 Å². The highest BCUT2D eigenvalue weighted by atomic mass is 16.5. The molecule has 1 aromatic carbocycles. The molecule has 4 aromatic rings. The van der Waals surface area contributed by atoms with Crippen molar-refractivity contribution in [3.63, 3.8) is 0 Å². The third kappa shape index (κ3) is 7.37. The van der Waals surface area contributed by atoms with Gasteiger partial charge in [0.25, 0.3) is 11.8 Å². The molecule has 3 amide bonds. The average molecular weight is 695 g/mol. The number of hydrogen-bond donors (Lipinski definition) is 3. The minimum Gasteiger partial charge on any atom is -0.493 e. The quantitative estimate of drug-likeness (QED) is 0.113. The van der Waals surface area contributed by atoms with Gasteiger partial charge in [0, 0.05) is 71.4 Å². The number of hydrogen-bond acceptors (Lipinski definition) is 8. The smallest absolute Gasteiger partial charge is 0.352 e. The second kappa shape index (κ2) is 13.9. The lowest BCUT2D eigenvalue weighted by atomic mass is 10.1. The first-order valence-corrected chi connectivity index (χ1v) is 16.3. The molecule has 2 aliphatic rings. The molecule has 0 bridgehead atoms. The maximum absolute atomic E-state index is 13.2. The van der Waals surface area contributed by atoms with Crippen molar-refractivity contribution in [1.29, 1.82) is 0 Å². The molecule has 1 atom stereocenters. The van der Waals surface area contributed by atoms with Gasteiger partial charge in [0.1, 0.15) is 17.1 Å². The van der Waals surface area contributed by atoms with E-state index in [0.29, 0.717) is 47.6 Å². The fourth-order valence-electron chi connectivity index (χ4n) is 6.28. The number of ether oxygens (including phenoxy) is 1. The summed E-state index contributed by atoms with van der Waals surface area (Å²) in [6.07, 6.45) is 7.73. The Bertz CT molecular complexity index is 2140. The molecule has 2 aliphatic heterocycles. The van der Waals surface area contributed by atoms with E-state index in [0.717, 1.165) is 11.1 Å². The topological polar surface area (TPSA) is 182 Å². The Balaban J connectivity index is 0.995. The summed E-state index contributed by atoms with van der Waals surface area (Å²) in [5, 5.41) is 14.7. The molecule has 5 heterocycles. The number of imidazole rings is 1. The van der Waals surface area contributed by atoms with Crippen molar-refractivity contribution in [2.75, 3.05) is 23.8 Å². The van der Waals surface area contributed by atoms with Crippen LogP contribution in [-0.2, 0) is 32.4 Å². The molecule has 0 radical (unpaired) electrons. The van der Waals surface area contributed by atoms with Crippen LogP contribution in [0.1, 0.15) is 72.3 Å². The van der Waals surface area contributed by atoms with Gasteiger partial charge in [0.15, 0.2) is 11.6 Å². The number of benzene rings is 1. The van der Waals surface area contributed by atoms with Crippen LogP contribution >= 0.6 is 0 Å². The van der Waals surface area contributed by atoms with Gasteiger partial charge in [0.05, 0.1) is 29.6 Å². The van der Waals surface area contributed by atoms with Crippen LogP contribution in [0.4, 0.5) is 17.2 Å². The molecule has 264 valence electrons. The lowest BCUT2D eigenvalue weighted by molar-refractivity contribution is -0.116. The molecule has 3 aromatic heterocycles. The second-order valence-corrected chi connectivity index (χ2v) is 12.9. The molecule has 1 saturated heterocycles. The van der Waals surface area contributed by atoms with Crippen molar-refractivity contribution in [2.24, 2.45) is 26.1 Å². The number of carboxylic acid groups (broad SMARTS) is 1. The lowest BCUT2D eigenvalue weighted by Crippen LogP contribution is -2.35. The number of nitrogens with zero attached hydrogens (tertiary/aromatic N) is 6. The van der Waals surface area contributed by atoms with Crippen LogP contribution in [0.2, 0.25) is 0 Å². The summed E-state index contributed by atoms with van der Waals surface area (Å²) in [5.41, 5.74) is 4.10. The van der Waals surface area contributed by atoms with Gasteiger partial charge in [-0.3, -0.25) is 24.2 Å². The highest BCUT2D eigenvalue weighted by Crippen LogP contribution is 2.34. The van der Waals surface area contributed by atoms with Gasteiger partial charge in [-0.05, 0) is 49.1 Å². The molecular formula is C36H38N8O7. The van der Waals surface area contributed by atoms with Crippen LogP contribution in [-0.4, -0.2) is 83.6 Å².